The van der Waals surface area contributed by atoms with Crippen LogP contribution in [0, 0.1) is 0 Å². The number of hydrogen-bond acceptors (Lipinski definition) is 10. The molecule has 0 spiro atoms. The summed E-state index contributed by atoms with van der Waals surface area (Å²) in [5.41, 5.74) is 0. The topological polar surface area (TPSA) is 169 Å². The number of esters is 2. The first-order valence-electron chi connectivity index (χ1n) is 22.7. The van der Waals surface area contributed by atoms with Crippen molar-refractivity contribution >= 4 is 17.9 Å². The smallest absolute Gasteiger partial charge is 0.335 e. The number of aliphatic hydroxyl groups excluding tert-OH is 3. The zero-order chi connectivity index (χ0) is 41.1. The van der Waals surface area contributed by atoms with Crippen LogP contribution < -0.4 is 0 Å². The van der Waals surface area contributed by atoms with Gasteiger partial charge in [-0.3, -0.25) is 9.59 Å². The minimum absolute atomic E-state index is 0.187. The summed E-state index contributed by atoms with van der Waals surface area (Å²) in [5.74, 6) is -2.44. The number of rotatable bonds is 38. The fraction of sp³-hybridized carbons (Fsp3) is 0.889. The first-order chi connectivity index (χ1) is 27.2. The summed E-state index contributed by atoms with van der Waals surface area (Å²) < 4.78 is 21.7. The van der Waals surface area contributed by atoms with E-state index in [0.717, 1.165) is 57.8 Å². The molecule has 0 aliphatic carbocycles. The summed E-state index contributed by atoms with van der Waals surface area (Å²) >= 11 is 0. The maximum Gasteiger partial charge on any atom is 0.335 e. The van der Waals surface area contributed by atoms with Crippen LogP contribution >= 0.6 is 0 Å². The Hall–Kier alpha value is -2.05. The Bertz CT molecular complexity index is 989. The highest BCUT2D eigenvalue weighted by Crippen LogP contribution is 2.23. The van der Waals surface area contributed by atoms with Crippen LogP contribution in [0.3, 0.4) is 0 Å². The Kier molecular flexibility index (Phi) is 33.5. The molecule has 6 unspecified atom stereocenters. The number of allylic oxidation sites excluding steroid dienone is 2. The molecule has 1 heterocycles. The second kappa shape index (κ2) is 36.1. The molecule has 11 heteroatoms. The second-order valence-corrected chi connectivity index (χ2v) is 15.9. The molecule has 0 amide bonds. The number of hydrogen-bond donors (Lipinski definition) is 4. The highest BCUT2D eigenvalue weighted by Gasteiger charge is 2.47. The molecular formula is C45H82O11. The van der Waals surface area contributed by atoms with Crippen LogP contribution in [0.15, 0.2) is 12.2 Å². The summed E-state index contributed by atoms with van der Waals surface area (Å²) in [6.45, 7) is 3.81. The van der Waals surface area contributed by atoms with Crippen molar-refractivity contribution in [1.29, 1.82) is 0 Å². The van der Waals surface area contributed by atoms with E-state index < -0.39 is 54.7 Å². The van der Waals surface area contributed by atoms with Crippen molar-refractivity contribution in [1.82, 2.24) is 0 Å². The summed E-state index contributed by atoms with van der Waals surface area (Å²) in [5, 5.41) is 39.8. The van der Waals surface area contributed by atoms with E-state index in [0.29, 0.717) is 12.8 Å². The number of aliphatic carboxylic acids is 1. The van der Waals surface area contributed by atoms with Gasteiger partial charge >= 0.3 is 17.9 Å². The van der Waals surface area contributed by atoms with E-state index in [2.05, 4.69) is 26.0 Å². The lowest BCUT2D eigenvalue weighted by Crippen LogP contribution is -2.60. The van der Waals surface area contributed by atoms with Gasteiger partial charge in [-0.2, -0.15) is 0 Å². The van der Waals surface area contributed by atoms with Gasteiger partial charge in [0.05, 0.1) is 6.61 Å². The van der Waals surface area contributed by atoms with Gasteiger partial charge < -0.3 is 39.4 Å². The monoisotopic (exact) mass is 799 g/mol. The average Bonchev–Trinajstić information content (AvgIpc) is 3.18. The van der Waals surface area contributed by atoms with Crippen molar-refractivity contribution in [2.45, 2.75) is 243 Å². The third kappa shape index (κ3) is 27.6. The van der Waals surface area contributed by atoms with Gasteiger partial charge in [0, 0.05) is 12.8 Å². The largest absolute Gasteiger partial charge is 0.479 e. The molecule has 56 heavy (non-hydrogen) atoms. The van der Waals surface area contributed by atoms with Crippen LogP contribution in [0.25, 0.3) is 0 Å². The van der Waals surface area contributed by atoms with E-state index in [9.17, 15) is 34.8 Å². The standard InChI is InChI=1S/C45H82O11/c1-3-5-7-9-11-13-15-17-19-20-22-24-26-28-30-32-34-39(47)55-37(36-54-45-42(50)40(48)41(49)43(56-45)44(51)52)35-53-38(46)33-31-29-27-25-23-21-18-16-14-12-10-8-6-4-2/h16,18,37,40-43,45,48-50H,3-15,17,19-36H2,1-2H3,(H,51,52)/b18-16-. The maximum atomic E-state index is 12.8. The van der Waals surface area contributed by atoms with Crippen LogP contribution in [0.5, 0.6) is 0 Å². The SMILES string of the molecule is CCCCCCC/C=C\CCCCCCCC(=O)OCC(COC1OC(C(=O)O)C(O)C(O)C1O)OC(=O)CCCCCCCCCCCCCCCCCC. The van der Waals surface area contributed by atoms with Crippen LogP contribution in [-0.2, 0) is 33.3 Å². The summed E-state index contributed by atoms with van der Waals surface area (Å²) in [7, 11) is 0. The lowest BCUT2D eigenvalue weighted by molar-refractivity contribution is -0.298. The second-order valence-electron chi connectivity index (χ2n) is 15.9. The van der Waals surface area contributed by atoms with Crippen molar-refractivity contribution in [3.05, 3.63) is 12.2 Å². The molecule has 0 bridgehead atoms. The van der Waals surface area contributed by atoms with E-state index in [4.69, 9.17) is 18.9 Å². The van der Waals surface area contributed by atoms with Gasteiger partial charge in [0.2, 0.25) is 0 Å². The van der Waals surface area contributed by atoms with Gasteiger partial charge in [0.15, 0.2) is 18.5 Å². The lowest BCUT2D eigenvalue weighted by atomic mass is 9.99. The fourth-order valence-electron chi connectivity index (χ4n) is 6.99. The first kappa shape index (κ1) is 52.0. The van der Waals surface area contributed by atoms with E-state index in [1.54, 1.807) is 0 Å². The molecular weight excluding hydrogens is 716 g/mol. The Labute approximate surface area is 339 Å². The molecule has 328 valence electrons. The molecule has 1 saturated heterocycles. The number of aliphatic hydroxyl groups is 3. The van der Waals surface area contributed by atoms with Gasteiger partial charge in [-0.1, -0.05) is 167 Å². The number of carboxylic acid groups (broad SMARTS) is 1. The molecule has 0 saturated carbocycles. The molecule has 1 aliphatic rings. The first-order valence-corrected chi connectivity index (χ1v) is 22.7. The normalized spacial score (nSPS) is 20.3. The maximum absolute atomic E-state index is 12.8. The van der Waals surface area contributed by atoms with Gasteiger partial charge in [-0.25, -0.2) is 4.79 Å². The molecule has 1 aliphatic heterocycles. The number of ether oxygens (including phenoxy) is 4. The zero-order valence-corrected chi connectivity index (χ0v) is 35.4. The van der Waals surface area contributed by atoms with Gasteiger partial charge in [-0.05, 0) is 38.5 Å². The Morgan fingerprint density at radius 2 is 0.946 bits per heavy atom. The van der Waals surface area contributed by atoms with Crippen LogP contribution in [0.4, 0.5) is 0 Å². The summed E-state index contributed by atoms with van der Waals surface area (Å²) in [4.78, 5) is 36.8. The third-order valence-corrected chi connectivity index (χ3v) is 10.6. The molecule has 0 aromatic heterocycles. The van der Waals surface area contributed by atoms with Crippen molar-refractivity contribution in [3.8, 4) is 0 Å². The highest BCUT2D eigenvalue weighted by molar-refractivity contribution is 5.73. The number of carbonyl (C=O) groups is 3. The summed E-state index contributed by atoms with van der Waals surface area (Å²) in [6.07, 6.45) is 28.3. The molecule has 1 fully saturated rings. The van der Waals surface area contributed by atoms with Crippen molar-refractivity contribution < 1.29 is 53.8 Å². The van der Waals surface area contributed by atoms with Crippen LogP contribution in [0.1, 0.15) is 206 Å². The van der Waals surface area contributed by atoms with Crippen molar-refractivity contribution in [2.24, 2.45) is 0 Å². The molecule has 1 rings (SSSR count). The molecule has 4 N–H and O–H groups in total. The fourth-order valence-corrected chi connectivity index (χ4v) is 6.99. The third-order valence-electron chi connectivity index (χ3n) is 10.6. The number of unbranched alkanes of at least 4 members (excludes halogenated alkanes) is 25. The van der Waals surface area contributed by atoms with E-state index in [1.807, 2.05) is 0 Å². The lowest BCUT2D eigenvalue weighted by Gasteiger charge is -2.38. The Morgan fingerprint density at radius 1 is 0.536 bits per heavy atom. The van der Waals surface area contributed by atoms with Gasteiger partial charge in [0.25, 0.3) is 0 Å². The predicted molar refractivity (Wildman–Crippen MR) is 220 cm³/mol. The summed E-state index contributed by atoms with van der Waals surface area (Å²) in [6, 6.07) is 0. The van der Waals surface area contributed by atoms with Gasteiger partial charge in [-0.15, -0.1) is 0 Å². The minimum atomic E-state index is -1.86. The molecule has 0 radical (unpaired) electrons. The van der Waals surface area contributed by atoms with Crippen molar-refractivity contribution in [2.75, 3.05) is 13.2 Å². The Morgan fingerprint density at radius 3 is 1.39 bits per heavy atom. The predicted octanol–water partition coefficient (Wildman–Crippen LogP) is 9.65. The minimum Gasteiger partial charge on any atom is -0.479 e. The Balaban J connectivity index is 2.36. The molecule has 6 atom stereocenters. The quantitative estimate of drug-likeness (QED) is 0.0267. The van der Waals surface area contributed by atoms with Crippen LogP contribution in [-0.4, -0.2) is 88.4 Å². The molecule has 0 aromatic carbocycles. The average molecular weight is 799 g/mol. The number of carbonyl (C=O) groups excluding carboxylic acids is 2. The zero-order valence-electron chi connectivity index (χ0n) is 35.4. The number of carboxylic acids is 1. The highest BCUT2D eigenvalue weighted by atomic mass is 16.7. The van der Waals surface area contributed by atoms with E-state index in [1.165, 1.54) is 109 Å². The van der Waals surface area contributed by atoms with Crippen molar-refractivity contribution in [3.63, 3.8) is 0 Å². The van der Waals surface area contributed by atoms with Crippen LogP contribution in [0.2, 0.25) is 0 Å². The van der Waals surface area contributed by atoms with Gasteiger partial charge in [0.1, 0.15) is 24.9 Å². The molecule has 11 nitrogen and oxygen atoms in total. The molecule has 0 aromatic rings. The van der Waals surface area contributed by atoms with E-state index >= 15 is 0 Å². The van der Waals surface area contributed by atoms with E-state index in [-0.39, 0.29) is 26.1 Å².